The molecule has 0 atom stereocenters. The van der Waals surface area contributed by atoms with Gasteiger partial charge in [0.05, 0.1) is 33.3 Å². The number of ether oxygens (including phenoxy) is 2. The van der Waals surface area contributed by atoms with Crippen LogP contribution in [-0.4, -0.2) is 36.6 Å². The van der Waals surface area contributed by atoms with Crippen molar-refractivity contribution in [2.45, 2.75) is 56.8 Å². The second kappa shape index (κ2) is 8.65. The lowest BCUT2D eigenvalue weighted by atomic mass is 9.72. The first-order valence-corrected chi connectivity index (χ1v) is 12.5. The monoisotopic (exact) mass is 532 g/mol. The second-order valence-corrected chi connectivity index (χ2v) is 11.8. The molecule has 0 radical (unpaired) electrons. The molecule has 2 N–H and O–H groups in total. The van der Waals surface area contributed by atoms with Gasteiger partial charge in [0.15, 0.2) is 11.5 Å². The molecule has 33 heavy (non-hydrogen) atoms. The Labute approximate surface area is 214 Å². The number of aliphatic hydroxyl groups excluding tert-OH is 2. The van der Waals surface area contributed by atoms with Crippen LogP contribution in [0.2, 0.25) is 20.1 Å². The fourth-order valence-corrected chi connectivity index (χ4v) is 7.50. The summed E-state index contributed by atoms with van der Waals surface area (Å²) in [7, 11) is 0. The minimum Gasteiger partial charge on any atom is -0.488 e. The van der Waals surface area contributed by atoms with E-state index < -0.39 is 5.41 Å². The molecular formula is C25H28Cl4O4. The van der Waals surface area contributed by atoms with Crippen LogP contribution in [0.1, 0.15) is 62.8 Å². The molecule has 1 spiro atoms. The molecule has 0 fully saturated rings. The van der Waals surface area contributed by atoms with Crippen LogP contribution in [0.3, 0.4) is 0 Å². The maximum atomic E-state index is 9.28. The molecule has 0 aromatic heterocycles. The number of hydrogen-bond acceptors (Lipinski definition) is 4. The van der Waals surface area contributed by atoms with Crippen molar-refractivity contribution in [2.24, 2.45) is 0 Å². The third kappa shape index (κ3) is 3.82. The van der Waals surface area contributed by atoms with Gasteiger partial charge in [0.2, 0.25) is 0 Å². The van der Waals surface area contributed by atoms with Gasteiger partial charge in [0.1, 0.15) is 13.2 Å². The normalized spacial score (nSPS) is 19.0. The van der Waals surface area contributed by atoms with Crippen molar-refractivity contribution in [1.82, 2.24) is 0 Å². The molecule has 2 aromatic rings. The summed E-state index contributed by atoms with van der Waals surface area (Å²) >= 11 is 27.2. The molecule has 2 aliphatic carbocycles. The number of aliphatic hydroxyl groups is 2. The van der Waals surface area contributed by atoms with Crippen molar-refractivity contribution in [2.75, 3.05) is 26.4 Å². The summed E-state index contributed by atoms with van der Waals surface area (Å²) in [4.78, 5) is 0. The van der Waals surface area contributed by atoms with Crippen molar-refractivity contribution in [1.29, 1.82) is 0 Å². The van der Waals surface area contributed by atoms with Crippen molar-refractivity contribution >= 4 is 46.4 Å². The Kier molecular flexibility index (Phi) is 6.61. The van der Waals surface area contributed by atoms with Crippen LogP contribution in [-0.2, 0) is 16.2 Å². The van der Waals surface area contributed by atoms with E-state index in [9.17, 15) is 10.2 Å². The van der Waals surface area contributed by atoms with Gasteiger partial charge in [0.25, 0.3) is 0 Å². The summed E-state index contributed by atoms with van der Waals surface area (Å²) in [6.45, 7) is 8.61. The Hall–Kier alpha value is -0.880. The zero-order valence-electron chi connectivity index (χ0n) is 19.1. The molecule has 4 rings (SSSR count). The van der Waals surface area contributed by atoms with Crippen LogP contribution in [0.25, 0.3) is 0 Å². The van der Waals surface area contributed by atoms with Crippen LogP contribution in [0, 0.1) is 0 Å². The zero-order chi connectivity index (χ0) is 24.3. The minimum atomic E-state index is -0.504. The fourth-order valence-electron chi connectivity index (χ4n) is 6.01. The molecule has 0 saturated heterocycles. The molecule has 0 aliphatic heterocycles. The van der Waals surface area contributed by atoms with Gasteiger partial charge in [-0.1, -0.05) is 74.1 Å². The number of hydrogen-bond donors (Lipinski definition) is 2. The third-order valence-corrected chi connectivity index (χ3v) is 8.21. The van der Waals surface area contributed by atoms with Crippen molar-refractivity contribution in [3.8, 4) is 11.5 Å². The molecule has 180 valence electrons. The van der Waals surface area contributed by atoms with Crippen molar-refractivity contribution in [3.63, 3.8) is 0 Å². The predicted octanol–water partition coefficient (Wildman–Crippen LogP) is 6.69. The molecule has 0 amide bonds. The Morgan fingerprint density at radius 1 is 0.727 bits per heavy atom. The summed E-state index contributed by atoms with van der Waals surface area (Å²) < 4.78 is 11.5. The fraction of sp³-hybridized carbons (Fsp3) is 0.520. The molecule has 0 bridgehead atoms. The number of rotatable bonds is 6. The summed E-state index contributed by atoms with van der Waals surface area (Å²) in [5, 5.41) is 20.3. The van der Waals surface area contributed by atoms with E-state index in [1.807, 2.05) is 12.1 Å². The van der Waals surface area contributed by atoms with E-state index in [1.54, 1.807) is 0 Å². The quantitative estimate of drug-likeness (QED) is 0.434. The largest absolute Gasteiger partial charge is 0.488 e. The molecule has 4 nitrogen and oxygen atoms in total. The van der Waals surface area contributed by atoms with E-state index in [0.29, 0.717) is 31.6 Å². The lowest BCUT2D eigenvalue weighted by Gasteiger charge is -2.32. The molecule has 0 unspecified atom stereocenters. The van der Waals surface area contributed by atoms with Gasteiger partial charge in [-0.3, -0.25) is 0 Å². The molecule has 2 aliphatic rings. The summed E-state index contributed by atoms with van der Waals surface area (Å²) in [6.07, 6.45) is 1.54. The van der Waals surface area contributed by atoms with Crippen LogP contribution >= 0.6 is 46.4 Å². The third-order valence-electron chi connectivity index (χ3n) is 6.93. The van der Waals surface area contributed by atoms with E-state index >= 15 is 0 Å². The first kappa shape index (κ1) is 25.2. The van der Waals surface area contributed by atoms with E-state index in [4.69, 9.17) is 55.9 Å². The molecular weight excluding hydrogens is 506 g/mol. The van der Waals surface area contributed by atoms with Gasteiger partial charge in [0, 0.05) is 5.41 Å². The van der Waals surface area contributed by atoms with Crippen LogP contribution < -0.4 is 9.47 Å². The molecule has 2 aromatic carbocycles. The molecule has 0 saturated carbocycles. The van der Waals surface area contributed by atoms with Crippen molar-refractivity contribution < 1.29 is 19.7 Å². The number of halogens is 4. The van der Waals surface area contributed by atoms with E-state index in [-0.39, 0.29) is 37.3 Å². The average molecular weight is 534 g/mol. The summed E-state index contributed by atoms with van der Waals surface area (Å²) in [5.74, 6) is 0.743. The van der Waals surface area contributed by atoms with E-state index in [0.717, 1.165) is 35.1 Å². The number of benzene rings is 2. The Bertz CT molecular complexity index is 1020. The topological polar surface area (TPSA) is 58.9 Å². The predicted molar refractivity (Wildman–Crippen MR) is 134 cm³/mol. The van der Waals surface area contributed by atoms with E-state index in [2.05, 4.69) is 27.7 Å². The summed E-state index contributed by atoms with van der Waals surface area (Å²) in [5.41, 5.74) is 3.06. The van der Waals surface area contributed by atoms with Gasteiger partial charge < -0.3 is 19.7 Å². The van der Waals surface area contributed by atoms with Gasteiger partial charge in [-0.05, 0) is 58.1 Å². The molecule has 8 heteroatoms. The van der Waals surface area contributed by atoms with Gasteiger partial charge in [-0.2, -0.15) is 0 Å². The lowest BCUT2D eigenvalue weighted by molar-refractivity contribution is 0.201. The second-order valence-electron chi connectivity index (χ2n) is 10.2. The molecule has 0 heterocycles. The maximum absolute atomic E-state index is 9.28. The van der Waals surface area contributed by atoms with E-state index in [1.165, 1.54) is 0 Å². The highest BCUT2D eigenvalue weighted by Crippen LogP contribution is 2.67. The van der Waals surface area contributed by atoms with Gasteiger partial charge >= 0.3 is 0 Å². The Morgan fingerprint density at radius 3 is 1.42 bits per heavy atom. The Morgan fingerprint density at radius 2 is 1.09 bits per heavy atom. The zero-order valence-corrected chi connectivity index (χ0v) is 22.1. The van der Waals surface area contributed by atoms with Crippen LogP contribution in [0.4, 0.5) is 0 Å². The maximum Gasteiger partial charge on any atom is 0.156 e. The average Bonchev–Trinajstić information content (AvgIpc) is 3.06. The number of fused-ring (bicyclic) bond motifs is 4. The summed E-state index contributed by atoms with van der Waals surface area (Å²) in [6, 6.07) is 3.87. The van der Waals surface area contributed by atoms with Gasteiger partial charge in [-0.15, -0.1) is 0 Å². The first-order chi connectivity index (χ1) is 15.4. The lowest BCUT2D eigenvalue weighted by Crippen LogP contribution is -2.27. The SMILES string of the molecule is CC1(C)CC2(CC(C)(C)c3cc(Cl)c(OCCO)c(Cl)c32)c2c1cc(Cl)c(OCCO)c2Cl. The minimum absolute atomic E-state index is 0.0895. The van der Waals surface area contributed by atoms with Gasteiger partial charge in [-0.25, -0.2) is 0 Å². The highest BCUT2D eigenvalue weighted by molar-refractivity contribution is 6.39. The first-order valence-electron chi connectivity index (χ1n) is 10.9. The highest BCUT2D eigenvalue weighted by atomic mass is 35.5. The van der Waals surface area contributed by atoms with Crippen molar-refractivity contribution in [3.05, 3.63) is 54.5 Å². The highest BCUT2D eigenvalue weighted by Gasteiger charge is 2.59. The van der Waals surface area contributed by atoms with Crippen LogP contribution in [0.5, 0.6) is 11.5 Å². The standard InChI is InChI=1S/C25H28Cl4O4/c1-23(2)11-25(17-13(23)9-15(26)21(19(17)28)32-7-5-30)12-24(3,4)14-10-16(27)22(33-8-6-31)20(29)18(14)25/h9-10,30-31H,5-8,11-12H2,1-4H3. The Balaban J connectivity index is 2.05. The smallest absolute Gasteiger partial charge is 0.156 e. The van der Waals surface area contributed by atoms with Crippen LogP contribution in [0.15, 0.2) is 12.1 Å².